The van der Waals surface area contributed by atoms with Crippen molar-refractivity contribution in [2.45, 2.75) is 144 Å². The molecule has 18 heteroatoms. The fourth-order valence-corrected chi connectivity index (χ4v) is 9.22. The molecule has 0 aliphatic carbocycles. The first-order chi connectivity index (χ1) is 34.4. The Bertz CT molecular complexity index is 2710. The predicted molar refractivity (Wildman–Crippen MR) is 275 cm³/mol. The van der Waals surface area contributed by atoms with E-state index < -0.39 is 36.2 Å². The number of rotatable bonds is 18. The third kappa shape index (κ3) is 13.7. The summed E-state index contributed by atoms with van der Waals surface area (Å²) in [6.45, 7) is 19.2. The number of aromatic nitrogens is 6. The molecule has 0 spiro atoms. The van der Waals surface area contributed by atoms with Gasteiger partial charge in [0.1, 0.15) is 23.7 Å². The van der Waals surface area contributed by atoms with Gasteiger partial charge in [0.2, 0.25) is 0 Å². The summed E-state index contributed by atoms with van der Waals surface area (Å²) in [6, 6.07) is 14.1. The van der Waals surface area contributed by atoms with Crippen LogP contribution in [0.3, 0.4) is 0 Å². The number of carbonyl (C=O) groups excluding carboxylic acids is 2. The number of benzene rings is 2. The van der Waals surface area contributed by atoms with E-state index in [-0.39, 0.29) is 23.3 Å². The van der Waals surface area contributed by atoms with Crippen LogP contribution in [0.15, 0.2) is 70.5 Å². The molecule has 6 atom stereocenters. The Hall–Kier alpha value is -6.02. The van der Waals surface area contributed by atoms with E-state index in [0.717, 1.165) is 121 Å². The van der Waals surface area contributed by atoms with Gasteiger partial charge in [-0.2, -0.15) is 0 Å². The molecule has 2 aliphatic heterocycles. The second-order valence-electron chi connectivity index (χ2n) is 19.9. The molecule has 0 saturated carbocycles. The first-order valence-corrected chi connectivity index (χ1v) is 25.2. The van der Waals surface area contributed by atoms with Crippen LogP contribution in [-0.4, -0.2) is 114 Å². The molecule has 6 N–H and O–H groups in total. The molecule has 2 saturated heterocycles. The van der Waals surface area contributed by atoms with E-state index in [1.54, 1.807) is 67.8 Å². The maximum absolute atomic E-state index is 12.4. The number of aliphatic hydroxyl groups excluding tert-OH is 2. The Morgan fingerprint density at radius 1 is 0.667 bits per heavy atom. The number of aliphatic hydroxyl groups is 2. The van der Waals surface area contributed by atoms with Crippen LogP contribution < -0.4 is 21.8 Å². The number of esters is 2. The van der Waals surface area contributed by atoms with Gasteiger partial charge in [0.05, 0.1) is 59.7 Å². The zero-order chi connectivity index (χ0) is 51.6. The first kappa shape index (κ1) is 53.8. The third-order valence-corrected chi connectivity index (χ3v) is 12.9. The summed E-state index contributed by atoms with van der Waals surface area (Å²) in [5.41, 5.74) is 8.24. The van der Waals surface area contributed by atoms with Crippen LogP contribution >= 0.6 is 0 Å². The van der Waals surface area contributed by atoms with Gasteiger partial charge in [-0.1, -0.05) is 12.1 Å². The van der Waals surface area contributed by atoms with E-state index in [4.69, 9.17) is 28.9 Å². The molecule has 2 aliphatic rings. The van der Waals surface area contributed by atoms with E-state index in [9.17, 15) is 29.4 Å². The Morgan fingerprint density at radius 3 is 1.40 bits per heavy atom. The van der Waals surface area contributed by atoms with Crippen LogP contribution in [0.1, 0.15) is 89.5 Å². The van der Waals surface area contributed by atoms with Crippen molar-refractivity contribution >= 4 is 34.0 Å². The van der Waals surface area contributed by atoms with Crippen molar-refractivity contribution in [2.24, 2.45) is 11.8 Å². The van der Waals surface area contributed by atoms with Gasteiger partial charge in [0.15, 0.2) is 0 Å². The molecule has 0 amide bonds. The monoisotopic (exact) mass is 993 g/mol. The number of imidazole rings is 2. The lowest BCUT2D eigenvalue weighted by atomic mass is 10.0. The first-order valence-electron chi connectivity index (χ1n) is 25.2. The highest BCUT2D eigenvalue weighted by molar-refractivity contribution is 5.83. The maximum atomic E-state index is 12.4. The van der Waals surface area contributed by atoms with E-state index in [1.165, 1.54) is 0 Å². The number of H-pyrrole nitrogens is 2. The van der Waals surface area contributed by atoms with Crippen LogP contribution in [0, 0.1) is 25.7 Å². The van der Waals surface area contributed by atoms with Crippen molar-refractivity contribution in [3.63, 3.8) is 0 Å². The molecule has 388 valence electrons. The summed E-state index contributed by atoms with van der Waals surface area (Å²) in [7, 11) is 0. The van der Waals surface area contributed by atoms with Crippen molar-refractivity contribution < 1.29 is 38.7 Å². The van der Waals surface area contributed by atoms with E-state index in [1.807, 2.05) is 48.5 Å². The molecule has 0 bridgehead atoms. The van der Waals surface area contributed by atoms with Gasteiger partial charge < -0.3 is 48.3 Å². The molecule has 2 fully saturated rings. The third-order valence-electron chi connectivity index (χ3n) is 12.9. The number of pyridine rings is 2. The van der Waals surface area contributed by atoms with Crippen molar-refractivity contribution in [2.75, 3.05) is 26.4 Å². The standard InChI is InChI=1S/2C27H36N4O5/c2*1-16(2)36-27(34)24(18(4)32)28-12-19-7-8-23-22(11-19)30-25(21-10-17(3)26(33)29-13-21)31(23)14-20-6-5-9-35-15-20/h2*7-8,10-11,13,16,18,20,24,28,32H,5-6,9,12,14-15H2,1-4H3,(H,29,33)/t2*18-,20?,24+/m11/s1. The summed E-state index contributed by atoms with van der Waals surface area (Å²) >= 11 is 0. The fraction of sp³-hybridized carbons (Fsp3) is 0.519. The Morgan fingerprint density at radius 2 is 1.07 bits per heavy atom. The summed E-state index contributed by atoms with van der Waals surface area (Å²) in [4.78, 5) is 64.2. The number of nitrogens with zero attached hydrogens (tertiary/aromatic N) is 4. The SMILES string of the molecule is Cc1cc(-c2nc3cc(CN[C@H](C(=O)OC(C)C)[C@@H](C)O)ccc3n2CC2CCCOC2)c[nH]c1=O.Cc1cc(-c2nc3cc(CN[C@H](C(=O)OC(C)C)[C@@H](C)O)ccc3n2CC2CCCOC2)c[nH]c1=O. The quantitative estimate of drug-likeness (QED) is 0.0556. The lowest BCUT2D eigenvalue weighted by Crippen LogP contribution is -2.46. The van der Waals surface area contributed by atoms with Crippen LogP contribution in [-0.2, 0) is 54.7 Å². The summed E-state index contributed by atoms with van der Waals surface area (Å²) < 4.78 is 26.4. The number of nitrogens with one attached hydrogen (secondary N) is 4. The lowest BCUT2D eigenvalue weighted by Gasteiger charge is -2.23. The highest BCUT2D eigenvalue weighted by Crippen LogP contribution is 2.30. The van der Waals surface area contributed by atoms with Gasteiger partial charge in [-0.05, 0) is 129 Å². The maximum Gasteiger partial charge on any atom is 0.326 e. The largest absolute Gasteiger partial charge is 0.462 e. The van der Waals surface area contributed by atoms with Crippen molar-refractivity contribution in [1.82, 2.24) is 39.7 Å². The lowest BCUT2D eigenvalue weighted by molar-refractivity contribution is -0.153. The van der Waals surface area contributed by atoms with Crippen LogP contribution in [0.4, 0.5) is 0 Å². The topological polar surface area (TPSA) is 237 Å². The zero-order valence-electron chi connectivity index (χ0n) is 42.8. The molecule has 0 radical (unpaired) electrons. The minimum Gasteiger partial charge on any atom is -0.462 e. The minimum atomic E-state index is -0.896. The second kappa shape index (κ2) is 24.6. The number of aryl methyl sites for hydroxylation is 2. The van der Waals surface area contributed by atoms with Gasteiger partial charge >= 0.3 is 11.9 Å². The Balaban J connectivity index is 0.000000211. The van der Waals surface area contributed by atoms with Gasteiger partial charge in [0.25, 0.3) is 11.1 Å². The van der Waals surface area contributed by atoms with Gasteiger partial charge in [-0.3, -0.25) is 29.8 Å². The molecule has 2 aromatic carbocycles. The molecular formula is C54H72N8O10. The van der Waals surface area contributed by atoms with Gasteiger partial charge in [-0.25, -0.2) is 9.97 Å². The molecule has 72 heavy (non-hydrogen) atoms. The number of aromatic amines is 2. The van der Waals surface area contributed by atoms with Crippen LogP contribution in [0.2, 0.25) is 0 Å². The van der Waals surface area contributed by atoms with E-state index >= 15 is 0 Å². The number of ether oxygens (including phenoxy) is 4. The van der Waals surface area contributed by atoms with Gasteiger partial charge in [0, 0.05) is 85.9 Å². The molecule has 2 unspecified atom stereocenters. The molecule has 18 nitrogen and oxygen atoms in total. The molecule has 4 aromatic heterocycles. The molecular weight excluding hydrogens is 921 g/mol. The molecule has 6 aromatic rings. The highest BCUT2D eigenvalue weighted by Gasteiger charge is 2.28. The van der Waals surface area contributed by atoms with E-state index in [0.29, 0.717) is 36.1 Å². The van der Waals surface area contributed by atoms with Crippen molar-refractivity contribution in [3.05, 3.63) is 104 Å². The highest BCUT2D eigenvalue weighted by atomic mass is 16.5. The van der Waals surface area contributed by atoms with Gasteiger partial charge in [-0.15, -0.1) is 0 Å². The number of carbonyl (C=O) groups is 2. The fourth-order valence-electron chi connectivity index (χ4n) is 9.22. The predicted octanol–water partition coefficient (Wildman–Crippen LogP) is 5.83. The normalized spacial score (nSPS) is 17.9. The summed E-state index contributed by atoms with van der Waals surface area (Å²) in [5, 5.41) is 26.4. The number of fused-ring (bicyclic) bond motifs is 2. The summed E-state index contributed by atoms with van der Waals surface area (Å²) in [6.07, 6.45) is 5.39. The zero-order valence-corrected chi connectivity index (χ0v) is 42.8. The van der Waals surface area contributed by atoms with Crippen molar-refractivity contribution in [1.29, 1.82) is 0 Å². The number of hydrogen-bond acceptors (Lipinski definition) is 14. The van der Waals surface area contributed by atoms with Crippen LogP contribution in [0.5, 0.6) is 0 Å². The average Bonchev–Trinajstić information content (AvgIpc) is 3.88. The van der Waals surface area contributed by atoms with E-state index in [2.05, 4.69) is 29.7 Å². The Kier molecular flexibility index (Phi) is 18.4. The van der Waals surface area contributed by atoms with Crippen molar-refractivity contribution in [3.8, 4) is 22.8 Å². The average molecular weight is 993 g/mol. The summed E-state index contributed by atoms with van der Waals surface area (Å²) in [5.74, 6) is 1.41. The van der Waals surface area contributed by atoms with Crippen LogP contribution in [0.25, 0.3) is 44.8 Å². The minimum absolute atomic E-state index is 0.112. The molecule has 8 rings (SSSR count). The molecule has 6 heterocycles. The number of hydrogen-bond donors (Lipinski definition) is 6. The second-order valence-corrected chi connectivity index (χ2v) is 19.9. The Labute approximate surface area is 419 Å². The smallest absolute Gasteiger partial charge is 0.326 e.